The fourth-order valence-corrected chi connectivity index (χ4v) is 2.32. The second-order valence-electron chi connectivity index (χ2n) is 7.14. The highest BCUT2D eigenvalue weighted by atomic mass is 16.6. The van der Waals surface area contributed by atoms with Gasteiger partial charge in [-0.3, -0.25) is 4.68 Å². The van der Waals surface area contributed by atoms with Crippen LogP contribution in [0.25, 0.3) is 0 Å². The Morgan fingerprint density at radius 2 is 2.17 bits per heavy atom. The minimum atomic E-state index is -0.454. The lowest BCUT2D eigenvalue weighted by molar-refractivity contribution is 0.0277. The Morgan fingerprint density at radius 1 is 1.48 bits per heavy atom. The molecule has 1 N–H and O–H groups in total. The van der Waals surface area contributed by atoms with Crippen LogP contribution in [0.2, 0.25) is 0 Å². The molecule has 1 aromatic heterocycles. The molecule has 132 valence electrons. The van der Waals surface area contributed by atoms with Gasteiger partial charge in [0.15, 0.2) is 0 Å². The van der Waals surface area contributed by atoms with E-state index in [-0.39, 0.29) is 6.09 Å². The number of aryl methyl sites for hydroxylation is 1. The third kappa shape index (κ3) is 7.50. The quantitative estimate of drug-likeness (QED) is 0.799. The first-order chi connectivity index (χ1) is 10.7. The van der Waals surface area contributed by atoms with Crippen LogP contribution in [0.1, 0.15) is 46.7 Å². The Morgan fingerprint density at radius 3 is 2.78 bits per heavy atom. The molecule has 0 aromatic carbocycles. The largest absolute Gasteiger partial charge is 0.444 e. The summed E-state index contributed by atoms with van der Waals surface area (Å²) in [5.41, 5.74) is 0.740. The van der Waals surface area contributed by atoms with Crippen LogP contribution in [0.15, 0.2) is 12.3 Å². The lowest BCUT2D eigenvalue weighted by atomic mass is 10.1. The van der Waals surface area contributed by atoms with Crippen molar-refractivity contribution in [2.45, 2.75) is 59.7 Å². The first-order valence-electron chi connectivity index (χ1n) is 8.38. The number of ether oxygens (including phenoxy) is 1. The van der Waals surface area contributed by atoms with Crippen molar-refractivity contribution in [1.29, 1.82) is 0 Å². The summed E-state index contributed by atoms with van der Waals surface area (Å²) >= 11 is 0. The van der Waals surface area contributed by atoms with Gasteiger partial charge in [0, 0.05) is 32.9 Å². The van der Waals surface area contributed by atoms with Gasteiger partial charge < -0.3 is 15.0 Å². The van der Waals surface area contributed by atoms with E-state index in [0.717, 1.165) is 26.1 Å². The molecule has 0 bridgehead atoms. The molecule has 23 heavy (non-hydrogen) atoms. The molecule has 0 aliphatic rings. The number of nitrogens with one attached hydrogen (secondary N) is 1. The first kappa shape index (κ1) is 19.5. The molecule has 0 spiro atoms. The highest BCUT2D eigenvalue weighted by molar-refractivity contribution is 5.67. The molecule has 0 aliphatic carbocycles. The zero-order chi connectivity index (χ0) is 17.5. The number of carbonyl (C=O) groups is 1. The van der Waals surface area contributed by atoms with Crippen LogP contribution in [0.3, 0.4) is 0 Å². The topological polar surface area (TPSA) is 59.4 Å². The molecule has 0 radical (unpaired) electrons. The average molecular weight is 324 g/mol. The predicted octanol–water partition coefficient (Wildman–Crippen LogP) is 2.89. The van der Waals surface area contributed by atoms with E-state index in [2.05, 4.69) is 24.3 Å². The van der Waals surface area contributed by atoms with E-state index in [0.29, 0.717) is 12.5 Å². The molecule has 1 amide bonds. The molecule has 0 aliphatic heterocycles. The van der Waals surface area contributed by atoms with E-state index in [4.69, 9.17) is 4.74 Å². The maximum Gasteiger partial charge on any atom is 0.410 e. The lowest BCUT2D eigenvalue weighted by Crippen LogP contribution is -2.38. The van der Waals surface area contributed by atoms with Crippen LogP contribution < -0.4 is 5.32 Å². The van der Waals surface area contributed by atoms with Gasteiger partial charge in [0.25, 0.3) is 0 Å². The highest BCUT2D eigenvalue weighted by Gasteiger charge is 2.20. The molecule has 6 nitrogen and oxygen atoms in total. The van der Waals surface area contributed by atoms with Crippen LogP contribution in [-0.4, -0.2) is 46.5 Å². The SMILES string of the molecule is CCCn1nccc1CNCC(C)CN(C)C(=O)OC(C)(C)C. The monoisotopic (exact) mass is 324 g/mol. The molecule has 1 rings (SSSR count). The molecule has 1 unspecified atom stereocenters. The van der Waals surface area contributed by atoms with Gasteiger partial charge in [-0.25, -0.2) is 4.79 Å². The zero-order valence-electron chi connectivity index (χ0n) is 15.4. The maximum absolute atomic E-state index is 11.9. The molecule has 0 saturated carbocycles. The summed E-state index contributed by atoms with van der Waals surface area (Å²) in [4.78, 5) is 13.6. The molecule has 0 saturated heterocycles. The number of carbonyl (C=O) groups excluding carboxylic acids is 1. The van der Waals surface area contributed by atoms with E-state index >= 15 is 0 Å². The summed E-state index contributed by atoms with van der Waals surface area (Å²) in [5, 5.41) is 7.76. The van der Waals surface area contributed by atoms with Crippen molar-refractivity contribution in [3.8, 4) is 0 Å². The van der Waals surface area contributed by atoms with Gasteiger partial charge in [-0.05, 0) is 45.7 Å². The second-order valence-corrected chi connectivity index (χ2v) is 7.14. The third-order valence-electron chi connectivity index (χ3n) is 3.33. The summed E-state index contributed by atoms with van der Waals surface area (Å²) in [6.45, 7) is 13.1. The molecule has 1 atom stereocenters. The smallest absolute Gasteiger partial charge is 0.410 e. The number of amides is 1. The number of aromatic nitrogens is 2. The van der Waals surface area contributed by atoms with Crippen LogP contribution in [0.5, 0.6) is 0 Å². The first-order valence-corrected chi connectivity index (χ1v) is 8.38. The second kappa shape index (κ2) is 8.91. The summed E-state index contributed by atoms with van der Waals surface area (Å²) in [7, 11) is 1.78. The summed E-state index contributed by atoms with van der Waals surface area (Å²) in [5.74, 6) is 0.343. The van der Waals surface area contributed by atoms with Crippen LogP contribution >= 0.6 is 0 Å². The standard InChI is InChI=1S/C17H32N4O2/c1-7-10-21-15(8-9-19-21)12-18-11-14(2)13-20(6)16(22)23-17(3,4)5/h8-9,14,18H,7,10-13H2,1-6H3. The Labute approximate surface area is 140 Å². The van der Waals surface area contributed by atoms with E-state index in [1.54, 1.807) is 11.9 Å². The average Bonchev–Trinajstić information content (AvgIpc) is 2.84. The lowest BCUT2D eigenvalue weighted by Gasteiger charge is -2.26. The minimum Gasteiger partial charge on any atom is -0.444 e. The molecular weight excluding hydrogens is 292 g/mol. The highest BCUT2D eigenvalue weighted by Crippen LogP contribution is 2.10. The number of hydrogen-bond acceptors (Lipinski definition) is 4. The minimum absolute atomic E-state index is 0.273. The Kier molecular flexibility index (Phi) is 7.55. The number of rotatable bonds is 8. The molecular formula is C17H32N4O2. The Balaban J connectivity index is 2.32. The summed E-state index contributed by atoms with van der Waals surface area (Å²) in [6.07, 6.45) is 2.64. The molecule has 1 heterocycles. The van der Waals surface area contributed by atoms with E-state index in [9.17, 15) is 4.79 Å². The molecule has 0 fully saturated rings. The number of hydrogen-bond donors (Lipinski definition) is 1. The van der Waals surface area contributed by atoms with Crippen LogP contribution in [0.4, 0.5) is 4.79 Å². The molecule has 1 aromatic rings. The predicted molar refractivity (Wildman–Crippen MR) is 92.3 cm³/mol. The van der Waals surface area contributed by atoms with Crippen LogP contribution in [0, 0.1) is 5.92 Å². The zero-order valence-corrected chi connectivity index (χ0v) is 15.4. The van der Waals surface area contributed by atoms with Gasteiger partial charge in [-0.1, -0.05) is 13.8 Å². The third-order valence-corrected chi connectivity index (χ3v) is 3.33. The van der Waals surface area contributed by atoms with Crippen molar-refractivity contribution < 1.29 is 9.53 Å². The van der Waals surface area contributed by atoms with Gasteiger partial charge in [0.2, 0.25) is 0 Å². The van der Waals surface area contributed by atoms with Gasteiger partial charge in [0.1, 0.15) is 5.60 Å². The number of nitrogens with zero attached hydrogens (tertiary/aromatic N) is 3. The van der Waals surface area contributed by atoms with E-state index in [1.165, 1.54) is 5.69 Å². The van der Waals surface area contributed by atoms with Crippen molar-refractivity contribution in [2.24, 2.45) is 5.92 Å². The van der Waals surface area contributed by atoms with Crippen molar-refractivity contribution >= 4 is 6.09 Å². The van der Waals surface area contributed by atoms with Gasteiger partial charge in [0.05, 0.1) is 5.69 Å². The van der Waals surface area contributed by atoms with E-state index < -0.39 is 5.60 Å². The Hall–Kier alpha value is -1.56. The van der Waals surface area contributed by atoms with Crippen molar-refractivity contribution in [3.05, 3.63) is 18.0 Å². The van der Waals surface area contributed by atoms with Gasteiger partial charge >= 0.3 is 6.09 Å². The van der Waals surface area contributed by atoms with Crippen molar-refractivity contribution in [2.75, 3.05) is 20.1 Å². The van der Waals surface area contributed by atoms with Crippen molar-refractivity contribution in [1.82, 2.24) is 20.0 Å². The summed E-state index contributed by atoms with van der Waals surface area (Å²) < 4.78 is 7.39. The fourth-order valence-electron chi connectivity index (χ4n) is 2.32. The fraction of sp³-hybridized carbons (Fsp3) is 0.765. The van der Waals surface area contributed by atoms with Gasteiger partial charge in [-0.15, -0.1) is 0 Å². The maximum atomic E-state index is 11.9. The molecule has 6 heteroatoms. The Bertz CT molecular complexity index is 479. The van der Waals surface area contributed by atoms with E-state index in [1.807, 2.05) is 37.7 Å². The van der Waals surface area contributed by atoms with Gasteiger partial charge in [-0.2, -0.15) is 5.10 Å². The van der Waals surface area contributed by atoms with Crippen LogP contribution in [-0.2, 0) is 17.8 Å². The normalized spacial score (nSPS) is 13.0. The summed E-state index contributed by atoms with van der Waals surface area (Å²) in [6, 6.07) is 2.04. The van der Waals surface area contributed by atoms with Crippen molar-refractivity contribution in [3.63, 3.8) is 0 Å².